The number of halogens is 3. The maximum atomic E-state index is 12.8. The van der Waals surface area contributed by atoms with E-state index in [0.717, 1.165) is 18.4 Å². The summed E-state index contributed by atoms with van der Waals surface area (Å²) >= 11 is 0. The standard InChI is InChI=1S/C17H12F3N3O2S/c1-26(24,25)16-22-15(10-21-23-16)12-7-5-11(6-8-12)13-3-2-4-14(9-13)17(18,19)20/h2-10H,1H3. The molecule has 0 saturated heterocycles. The Morgan fingerprint density at radius 3 is 2.19 bits per heavy atom. The van der Waals surface area contributed by atoms with Crippen LogP contribution in [-0.2, 0) is 16.0 Å². The molecule has 0 aliphatic carbocycles. The SMILES string of the molecule is CS(=O)(=O)c1nncc(-c2ccc(-c3cccc(C(F)(F)F)c3)cc2)n1. The Balaban J connectivity index is 1.95. The van der Waals surface area contributed by atoms with Crippen LogP contribution in [0, 0.1) is 0 Å². The van der Waals surface area contributed by atoms with E-state index in [1.165, 1.54) is 12.3 Å². The van der Waals surface area contributed by atoms with Crippen molar-refractivity contribution in [3.05, 3.63) is 60.3 Å². The lowest BCUT2D eigenvalue weighted by molar-refractivity contribution is -0.137. The zero-order chi connectivity index (χ0) is 18.9. The Bertz CT molecular complexity index is 1050. The third-order valence-corrected chi connectivity index (χ3v) is 4.41. The predicted molar refractivity (Wildman–Crippen MR) is 88.8 cm³/mol. The third-order valence-electron chi connectivity index (χ3n) is 3.57. The van der Waals surface area contributed by atoms with Crippen LogP contribution in [0.4, 0.5) is 13.2 Å². The van der Waals surface area contributed by atoms with E-state index in [-0.39, 0.29) is 0 Å². The minimum atomic E-state index is -4.41. The number of nitrogens with zero attached hydrogens (tertiary/aromatic N) is 3. The van der Waals surface area contributed by atoms with E-state index in [4.69, 9.17) is 0 Å². The van der Waals surface area contributed by atoms with E-state index in [1.54, 1.807) is 30.3 Å². The van der Waals surface area contributed by atoms with Gasteiger partial charge in [-0.05, 0) is 23.3 Å². The summed E-state index contributed by atoms with van der Waals surface area (Å²) in [4.78, 5) is 3.95. The molecule has 5 nitrogen and oxygen atoms in total. The van der Waals surface area contributed by atoms with Crippen LogP contribution in [0.5, 0.6) is 0 Å². The molecule has 0 aliphatic rings. The number of benzene rings is 2. The number of aromatic nitrogens is 3. The van der Waals surface area contributed by atoms with Crippen LogP contribution in [0.25, 0.3) is 22.4 Å². The van der Waals surface area contributed by atoms with Crippen LogP contribution >= 0.6 is 0 Å². The van der Waals surface area contributed by atoms with Gasteiger partial charge in [-0.15, -0.1) is 5.10 Å². The predicted octanol–water partition coefficient (Wildman–Crippen LogP) is 3.63. The second-order valence-corrected chi connectivity index (χ2v) is 7.46. The Hall–Kier alpha value is -2.81. The largest absolute Gasteiger partial charge is 0.416 e. The zero-order valence-electron chi connectivity index (χ0n) is 13.4. The highest BCUT2D eigenvalue weighted by Gasteiger charge is 2.30. The second-order valence-electron chi connectivity index (χ2n) is 5.55. The molecule has 1 heterocycles. The third kappa shape index (κ3) is 3.88. The fraction of sp³-hybridized carbons (Fsp3) is 0.118. The summed E-state index contributed by atoms with van der Waals surface area (Å²) in [6.45, 7) is 0. The molecule has 0 aliphatic heterocycles. The molecule has 134 valence electrons. The van der Waals surface area contributed by atoms with Crippen LogP contribution < -0.4 is 0 Å². The molecular formula is C17H12F3N3O2S. The van der Waals surface area contributed by atoms with Crippen molar-refractivity contribution in [3.63, 3.8) is 0 Å². The quantitative estimate of drug-likeness (QED) is 0.695. The maximum Gasteiger partial charge on any atom is 0.416 e. The first kappa shape index (κ1) is 18.0. The van der Waals surface area contributed by atoms with E-state index < -0.39 is 26.7 Å². The van der Waals surface area contributed by atoms with Crippen LogP contribution in [0.15, 0.2) is 59.9 Å². The molecule has 0 spiro atoms. The fourth-order valence-corrected chi connectivity index (χ4v) is 2.75. The van der Waals surface area contributed by atoms with Gasteiger partial charge in [-0.25, -0.2) is 13.4 Å². The van der Waals surface area contributed by atoms with Crippen LogP contribution in [0.2, 0.25) is 0 Å². The summed E-state index contributed by atoms with van der Waals surface area (Å²) < 4.78 is 61.5. The highest BCUT2D eigenvalue weighted by molar-refractivity contribution is 7.90. The van der Waals surface area contributed by atoms with Crippen molar-refractivity contribution in [3.8, 4) is 22.4 Å². The maximum absolute atomic E-state index is 12.8. The van der Waals surface area contributed by atoms with Gasteiger partial charge in [0, 0.05) is 11.8 Å². The Kier molecular flexibility index (Phi) is 4.49. The number of hydrogen-bond donors (Lipinski definition) is 0. The van der Waals surface area contributed by atoms with Gasteiger partial charge in [-0.3, -0.25) is 0 Å². The van der Waals surface area contributed by atoms with Crippen molar-refractivity contribution >= 4 is 9.84 Å². The van der Waals surface area contributed by atoms with Crippen LogP contribution in [-0.4, -0.2) is 29.9 Å². The smallest absolute Gasteiger partial charge is 0.221 e. The van der Waals surface area contributed by atoms with Gasteiger partial charge in [0.15, 0.2) is 0 Å². The molecule has 2 aromatic carbocycles. The van der Waals surface area contributed by atoms with E-state index >= 15 is 0 Å². The molecule has 3 rings (SSSR count). The summed E-state index contributed by atoms with van der Waals surface area (Å²) in [6, 6.07) is 11.5. The number of hydrogen-bond acceptors (Lipinski definition) is 5. The second kappa shape index (κ2) is 6.49. The molecule has 0 unspecified atom stereocenters. The molecule has 0 atom stereocenters. The lowest BCUT2D eigenvalue weighted by Crippen LogP contribution is -2.06. The van der Waals surface area contributed by atoms with Crippen molar-refractivity contribution in [2.75, 3.05) is 6.26 Å². The van der Waals surface area contributed by atoms with Gasteiger partial charge < -0.3 is 0 Å². The molecule has 26 heavy (non-hydrogen) atoms. The molecule has 3 aromatic rings. The molecule has 0 amide bonds. The highest BCUT2D eigenvalue weighted by Crippen LogP contribution is 2.32. The van der Waals surface area contributed by atoms with E-state index in [0.29, 0.717) is 22.4 Å². The normalized spacial score (nSPS) is 12.2. The van der Waals surface area contributed by atoms with Gasteiger partial charge in [-0.2, -0.15) is 18.3 Å². The molecule has 9 heteroatoms. The first-order valence-corrected chi connectivity index (χ1v) is 9.21. The Labute approximate surface area is 147 Å². The van der Waals surface area contributed by atoms with Gasteiger partial charge in [0.25, 0.3) is 5.16 Å². The first-order chi connectivity index (χ1) is 12.1. The molecule has 0 bridgehead atoms. The van der Waals surface area contributed by atoms with E-state index in [1.807, 2.05) is 0 Å². The Morgan fingerprint density at radius 1 is 0.923 bits per heavy atom. The van der Waals surface area contributed by atoms with E-state index in [2.05, 4.69) is 15.2 Å². The summed E-state index contributed by atoms with van der Waals surface area (Å²) in [5.41, 5.74) is 1.16. The average molecular weight is 379 g/mol. The Morgan fingerprint density at radius 2 is 1.58 bits per heavy atom. The molecule has 1 aromatic heterocycles. The number of alkyl halides is 3. The first-order valence-electron chi connectivity index (χ1n) is 7.32. The van der Waals surface area contributed by atoms with Crippen molar-refractivity contribution in [1.29, 1.82) is 0 Å². The highest BCUT2D eigenvalue weighted by atomic mass is 32.2. The van der Waals surface area contributed by atoms with E-state index in [9.17, 15) is 21.6 Å². The molecule has 0 fully saturated rings. The summed E-state index contributed by atoms with van der Waals surface area (Å²) in [5.74, 6) is 0. The van der Waals surface area contributed by atoms with Crippen molar-refractivity contribution in [1.82, 2.24) is 15.2 Å². The topological polar surface area (TPSA) is 72.8 Å². The summed E-state index contributed by atoms with van der Waals surface area (Å²) in [7, 11) is -3.59. The van der Waals surface area contributed by atoms with Crippen LogP contribution in [0.3, 0.4) is 0 Å². The minimum Gasteiger partial charge on any atom is -0.221 e. The lowest BCUT2D eigenvalue weighted by Gasteiger charge is -2.09. The minimum absolute atomic E-state index is 0.302. The van der Waals surface area contributed by atoms with Crippen molar-refractivity contribution < 1.29 is 21.6 Å². The summed E-state index contributed by atoms with van der Waals surface area (Å²) in [6.07, 6.45) is -2.12. The molecule has 0 radical (unpaired) electrons. The van der Waals surface area contributed by atoms with Gasteiger partial charge >= 0.3 is 6.18 Å². The lowest BCUT2D eigenvalue weighted by atomic mass is 10.0. The van der Waals surface area contributed by atoms with Gasteiger partial charge in [-0.1, -0.05) is 36.4 Å². The molecule has 0 N–H and O–H groups in total. The zero-order valence-corrected chi connectivity index (χ0v) is 14.2. The average Bonchev–Trinajstić information content (AvgIpc) is 2.61. The fourth-order valence-electron chi connectivity index (χ4n) is 2.29. The summed E-state index contributed by atoms with van der Waals surface area (Å²) in [5, 5.41) is 6.72. The number of rotatable bonds is 3. The number of sulfone groups is 1. The van der Waals surface area contributed by atoms with Crippen molar-refractivity contribution in [2.45, 2.75) is 11.3 Å². The van der Waals surface area contributed by atoms with Gasteiger partial charge in [0.05, 0.1) is 17.5 Å². The van der Waals surface area contributed by atoms with Gasteiger partial charge in [0.1, 0.15) is 0 Å². The van der Waals surface area contributed by atoms with Crippen molar-refractivity contribution in [2.24, 2.45) is 0 Å². The monoisotopic (exact) mass is 379 g/mol. The van der Waals surface area contributed by atoms with Crippen LogP contribution in [0.1, 0.15) is 5.56 Å². The van der Waals surface area contributed by atoms with Gasteiger partial charge in [0.2, 0.25) is 9.84 Å². The molecular weight excluding hydrogens is 367 g/mol. The molecule has 0 saturated carbocycles.